The molecule has 2 aromatic carbocycles. The van der Waals surface area contributed by atoms with Crippen LogP contribution in [0.1, 0.15) is 23.6 Å². The van der Waals surface area contributed by atoms with Crippen molar-refractivity contribution < 1.29 is 53.7 Å². The fourth-order valence-electron chi connectivity index (χ4n) is 3.29. The first kappa shape index (κ1) is 31.0. The molecule has 1 N–H and O–H groups in total. The van der Waals surface area contributed by atoms with Gasteiger partial charge in [-0.25, -0.2) is 8.78 Å². The predicted molar refractivity (Wildman–Crippen MR) is 115 cm³/mol. The molecular formula is C23H22ClF10NO2. The van der Waals surface area contributed by atoms with Crippen LogP contribution in [-0.4, -0.2) is 54.1 Å². The molecule has 0 saturated heterocycles. The minimum absolute atomic E-state index is 0.00452. The molecule has 0 aromatic heterocycles. The fraction of sp³-hybridized carbons (Fsp3) is 0.478. The van der Waals surface area contributed by atoms with Crippen LogP contribution in [0.3, 0.4) is 0 Å². The monoisotopic (exact) mass is 569 g/mol. The van der Waals surface area contributed by atoms with Crippen molar-refractivity contribution in [3.8, 4) is 5.75 Å². The zero-order valence-corrected chi connectivity index (χ0v) is 19.9. The third-order valence-electron chi connectivity index (χ3n) is 5.16. The van der Waals surface area contributed by atoms with Crippen molar-refractivity contribution in [2.24, 2.45) is 0 Å². The van der Waals surface area contributed by atoms with Gasteiger partial charge < -0.3 is 9.84 Å². The SMILES string of the molecule is CCc1cc(OCC(F)(F)CN(Cc2cccc(C(F)(F)C(F)(F)F)c2)CC(O)C(F)(F)F)ccc1Cl. The van der Waals surface area contributed by atoms with E-state index in [2.05, 4.69) is 0 Å². The number of ether oxygens (including phenoxy) is 1. The smallest absolute Gasteiger partial charge is 0.458 e. The van der Waals surface area contributed by atoms with Gasteiger partial charge in [0, 0.05) is 23.7 Å². The first-order valence-corrected chi connectivity index (χ1v) is 11.0. The van der Waals surface area contributed by atoms with Crippen molar-refractivity contribution in [2.75, 3.05) is 19.7 Å². The molecule has 0 aliphatic heterocycles. The molecule has 14 heteroatoms. The number of benzene rings is 2. The third kappa shape index (κ3) is 8.64. The van der Waals surface area contributed by atoms with Crippen molar-refractivity contribution in [1.82, 2.24) is 4.90 Å². The van der Waals surface area contributed by atoms with E-state index in [0.29, 0.717) is 34.0 Å². The maximum Gasteiger partial charge on any atom is 0.458 e. The number of halogens is 11. The van der Waals surface area contributed by atoms with E-state index in [-0.39, 0.29) is 5.75 Å². The highest BCUT2D eigenvalue weighted by Gasteiger charge is 2.58. The van der Waals surface area contributed by atoms with Crippen molar-refractivity contribution in [3.63, 3.8) is 0 Å². The molecule has 0 fully saturated rings. The largest absolute Gasteiger partial charge is 0.487 e. The van der Waals surface area contributed by atoms with Crippen LogP contribution >= 0.6 is 11.6 Å². The van der Waals surface area contributed by atoms with Crippen LogP contribution in [0.15, 0.2) is 42.5 Å². The van der Waals surface area contributed by atoms with Crippen molar-refractivity contribution >= 4 is 11.6 Å². The second-order valence-electron chi connectivity index (χ2n) is 8.25. The van der Waals surface area contributed by atoms with Gasteiger partial charge in [0.15, 0.2) is 12.7 Å². The van der Waals surface area contributed by atoms with Crippen LogP contribution in [0, 0.1) is 0 Å². The van der Waals surface area contributed by atoms with E-state index in [4.69, 9.17) is 16.3 Å². The van der Waals surface area contributed by atoms with Crippen molar-refractivity contribution in [3.05, 3.63) is 64.2 Å². The minimum Gasteiger partial charge on any atom is -0.487 e. The average Bonchev–Trinajstić information content (AvgIpc) is 2.77. The van der Waals surface area contributed by atoms with Gasteiger partial charge in [0.25, 0.3) is 5.92 Å². The lowest BCUT2D eigenvalue weighted by Gasteiger charge is -2.30. The highest BCUT2D eigenvalue weighted by atomic mass is 35.5. The summed E-state index contributed by atoms with van der Waals surface area (Å²) in [6, 6.07) is 6.68. The molecule has 2 aromatic rings. The number of aliphatic hydroxyl groups excluding tert-OH is 1. The lowest BCUT2D eigenvalue weighted by atomic mass is 10.0. The van der Waals surface area contributed by atoms with E-state index in [1.807, 2.05) is 0 Å². The molecule has 2 rings (SSSR count). The van der Waals surface area contributed by atoms with Crippen LogP contribution in [0.4, 0.5) is 43.9 Å². The predicted octanol–water partition coefficient (Wildman–Crippen LogP) is 7.00. The van der Waals surface area contributed by atoms with E-state index in [1.54, 1.807) is 6.92 Å². The Hall–Kier alpha value is -2.25. The normalized spacial score (nSPS) is 14.2. The number of rotatable bonds is 11. The summed E-state index contributed by atoms with van der Waals surface area (Å²) in [5.41, 5.74) is -1.33. The zero-order valence-electron chi connectivity index (χ0n) is 19.1. The van der Waals surface area contributed by atoms with Crippen molar-refractivity contribution in [1.29, 1.82) is 0 Å². The van der Waals surface area contributed by atoms with Crippen LogP contribution in [0.5, 0.6) is 5.75 Å². The number of hydrogen-bond donors (Lipinski definition) is 1. The van der Waals surface area contributed by atoms with Gasteiger partial charge in [-0.1, -0.05) is 36.7 Å². The molecular weight excluding hydrogens is 548 g/mol. The first-order chi connectivity index (χ1) is 16.9. The Labute approximate surface area is 210 Å². The number of nitrogens with zero attached hydrogens (tertiary/aromatic N) is 1. The molecule has 1 atom stereocenters. The lowest BCUT2D eigenvalue weighted by Crippen LogP contribution is -2.46. The van der Waals surface area contributed by atoms with Gasteiger partial charge in [0.05, 0.1) is 6.54 Å². The maximum atomic E-state index is 14.7. The van der Waals surface area contributed by atoms with E-state index in [0.717, 1.165) is 12.1 Å². The molecule has 0 aliphatic carbocycles. The summed E-state index contributed by atoms with van der Waals surface area (Å²) >= 11 is 5.95. The Morgan fingerprint density at radius 1 is 0.946 bits per heavy atom. The van der Waals surface area contributed by atoms with E-state index in [1.165, 1.54) is 18.2 Å². The molecule has 1 unspecified atom stereocenters. The summed E-state index contributed by atoms with van der Waals surface area (Å²) < 4.78 is 138. The van der Waals surface area contributed by atoms with E-state index >= 15 is 0 Å². The molecule has 0 bridgehead atoms. The van der Waals surface area contributed by atoms with Gasteiger partial charge in [-0.05, 0) is 41.8 Å². The molecule has 0 aliphatic rings. The molecule has 0 heterocycles. The lowest BCUT2D eigenvalue weighted by molar-refractivity contribution is -0.289. The van der Waals surface area contributed by atoms with Crippen LogP contribution < -0.4 is 4.74 Å². The second kappa shape index (κ2) is 11.6. The van der Waals surface area contributed by atoms with Gasteiger partial charge in [0.2, 0.25) is 0 Å². The number of aliphatic hydroxyl groups is 1. The molecule has 0 amide bonds. The molecule has 0 radical (unpaired) electrons. The Morgan fingerprint density at radius 3 is 2.16 bits per heavy atom. The zero-order chi connectivity index (χ0) is 28.2. The number of aryl methyl sites for hydroxylation is 1. The quantitative estimate of drug-likeness (QED) is 0.296. The fourth-order valence-corrected chi connectivity index (χ4v) is 3.54. The van der Waals surface area contributed by atoms with Gasteiger partial charge in [-0.3, -0.25) is 4.90 Å². The Morgan fingerprint density at radius 2 is 1.59 bits per heavy atom. The third-order valence-corrected chi connectivity index (χ3v) is 5.53. The number of alkyl halides is 10. The van der Waals surface area contributed by atoms with Crippen LogP contribution in [0.25, 0.3) is 0 Å². The minimum atomic E-state index is -5.96. The molecule has 208 valence electrons. The summed E-state index contributed by atoms with van der Waals surface area (Å²) in [4.78, 5) is 0.395. The van der Waals surface area contributed by atoms with E-state index in [9.17, 15) is 49.0 Å². The van der Waals surface area contributed by atoms with Crippen LogP contribution in [0.2, 0.25) is 5.02 Å². The Balaban J connectivity index is 2.24. The highest BCUT2D eigenvalue weighted by molar-refractivity contribution is 6.31. The highest BCUT2D eigenvalue weighted by Crippen LogP contribution is 2.44. The van der Waals surface area contributed by atoms with Crippen molar-refractivity contribution in [2.45, 2.75) is 50.2 Å². The van der Waals surface area contributed by atoms with Gasteiger partial charge in [0.1, 0.15) is 5.75 Å². The van der Waals surface area contributed by atoms with Crippen LogP contribution in [-0.2, 0) is 18.9 Å². The first-order valence-electron chi connectivity index (χ1n) is 10.7. The second-order valence-corrected chi connectivity index (χ2v) is 8.66. The average molecular weight is 570 g/mol. The molecule has 3 nitrogen and oxygen atoms in total. The summed E-state index contributed by atoms with van der Waals surface area (Å²) in [6.07, 6.45) is -13.8. The van der Waals surface area contributed by atoms with Gasteiger partial charge in [-0.2, -0.15) is 35.1 Å². The summed E-state index contributed by atoms with van der Waals surface area (Å²) in [5, 5.41) is 9.76. The standard InChI is InChI=1S/C23H22ClF10NO2/c1-2-15-9-17(6-7-18(15)24)37-13-20(25,26)12-35(11-19(36)22(29,30)31)10-14-4-3-5-16(8-14)21(27,28)23(32,33)34/h3-9,19,36H,2,10-13H2,1H3. The number of hydrogen-bond acceptors (Lipinski definition) is 3. The molecule has 37 heavy (non-hydrogen) atoms. The maximum absolute atomic E-state index is 14.7. The summed E-state index contributed by atoms with van der Waals surface area (Å²) in [6.45, 7) is -3.29. The Kier molecular flexibility index (Phi) is 9.75. The topological polar surface area (TPSA) is 32.7 Å². The van der Waals surface area contributed by atoms with Gasteiger partial charge >= 0.3 is 18.3 Å². The summed E-state index contributed by atoms with van der Waals surface area (Å²) in [7, 11) is 0. The summed E-state index contributed by atoms with van der Waals surface area (Å²) in [5.74, 6) is -9.09. The Bertz CT molecular complexity index is 1040. The van der Waals surface area contributed by atoms with E-state index < -0.39 is 67.7 Å². The van der Waals surface area contributed by atoms with Gasteiger partial charge in [-0.15, -0.1) is 0 Å². The molecule has 0 saturated carbocycles. The molecule has 0 spiro atoms.